The van der Waals surface area contributed by atoms with E-state index in [9.17, 15) is 4.79 Å². The first-order chi connectivity index (χ1) is 3.13. The van der Waals surface area contributed by atoms with Crippen molar-refractivity contribution in [2.75, 3.05) is 0 Å². The van der Waals surface area contributed by atoms with Gasteiger partial charge in [0.2, 0.25) is 0 Å². The molecule has 0 aliphatic carbocycles. The van der Waals surface area contributed by atoms with Crippen molar-refractivity contribution in [1.82, 2.24) is 0 Å². The van der Waals surface area contributed by atoms with Crippen molar-refractivity contribution in [3.8, 4) is 0 Å². The molecule has 0 bridgehead atoms. The van der Waals surface area contributed by atoms with Crippen LogP contribution in [0.2, 0.25) is 0 Å². The van der Waals surface area contributed by atoms with Gasteiger partial charge in [0.15, 0.2) is 0 Å². The van der Waals surface area contributed by atoms with E-state index in [0.29, 0.717) is 0 Å². The molecule has 1 atom stereocenters. The van der Waals surface area contributed by atoms with Crippen LogP contribution in [0.15, 0.2) is 0 Å². The third-order valence-electron chi connectivity index (χ3n) is 0.470. The van der Waals surface area contributed by atoms with Crippen LogP contribution in [0.3, 0.4) is 0 Å². The van der Waals surface area contributed by atoms with Gasteiger partial charge in [0, 0.05) is 29.6 Å². The molecule has 0 amide bonds. The molecule has 0 saturated carbocycles. The molecule has 0 aromatic heterocycles. The fourth-order valence-electron chi connectivity index (χ4n) is 0.253. The third kappa shape index (κ3) is 9.66. The zero-order valence-corrected chi connectivity index (χ0v) is 7.09. The number of hydrogen-bond acceptors (Lipinski definition) is 2. The number of aliphatic hydroxyl groups is 1. The summed E-state index contributed by atoms with van der Waals surface area (Å²) in [5.74, 6) is -0.963. The predicted molar refractivity (Wildman–Crippen MR) is 29.7 cm³/mol. The predicted octanol–water partition coefficient (Wildman–Crippen LogP) is -0.539. The van der Waals surface area contributed by atoms with Gasteiger partial charge in [-0.15, -0.1) is 0 Å². The second-order valence-corrected chi connectivity index (χ2v) is 1.45. The van der Waals surface area contributed by atoms with Gasteiger partial charge >= 0.3 is 5.97 Å². The normalized spacial score (nSPS) is 11.8. The molecule has 2 N–H and O–H groups in total. The molecule has 8 heavy (non-hydrogen) atoms. The monoisotopic (exact) mass is 127 g/mol. The molecule has 0 heterocycles. The summed E-state index contributed by atoms with van der Waals surface area (Å²) in [5, 5.41) is 16.3. The number of carbonyl (C=O) groups is 1. The fraction of sp³-hybridized carbons (Fsp3) is 0.750. The second-order valence-electron chi connectivity index (χ2n) is 1.45. The number of aliphatic hydroxyl groups excluding tert-OH is 1. The van der Waals surface area contributed by atoms with Crippen LogP contribution in [0.1, 0.15) is 13.3 Å². The average Bonchev–Trinajstić information content (AvgIpc) is 1.27. The molecule has 3 nitrogen and oxygen atoms in total. The zero-order valence-electron chi connectivity index (χ0n) is 5.09. The van der Waals surface area contributed by atoms with Crippen molar-refractivity contribution in [3.05, 3.63) is 0 Å². The number of carboxylic acids is 1. The summed E-state index contributed by atoms with van der Waals surface area (Å²) in [6.07, 6.45) is -0.891. The molecule has 0 fully saturated rings. The molecular formula is C4H8NaO3. The summed E-state index contributed by atoms with van der Waals surface area (Å²) >= 11 is 0. The molecule has 1 radical (unpaired) electrons. The Labute approximate surface area is 70.0 Å². The minimum absolute atomic E-state index is 0. The summed E-state index contributed by atoms with van der Waals surface area (Å²) in [7, 11) is 0. The molecule has 0 aliphatic rings. The number of hydrogen-bond donors (Lipinski definition) is 2. The van der Waals surface area contributed by atoms with E-state index >= 15 is 0 Å². The van der Waals surface area contributed by atoms with Gasteiger partial charge in [-0.2, -0.15) is 0 Å². The van der Waals surface area contributed by atoms with Crippen LogP contribution >= 0.6 is 0 Å². The Balaban J connectivity index is 0. The van der Waals surface area contributed by atoms with Gasteiger partial charge in [-0.1, -0.05) is 0 Å². The molecule has 0 aromatic rings. The van der Waals surface area contributed by atoms with Gasteiger partial charge < -0.3 is 10.2 Å². The van der Waals surface area contributed by atoms with E-state index in [4.69, 9.17) is 10.2 Å². The molecule has 0 aliphatic heterocycles. The summed E-state index contributed by atoms with van der Waals surface area (Å²) in [5.41, 5.74) is 0. The van der Waals surface area contributed by atoms with E-state index < -0.39 is 12.1 Å². The topological polar surface area (TPSA) is 57.5 Å². The van der Waals surface area contributed by atoms with Gasteiger partial charge in [-0.05, 0) is 6.92 Å². The Kier molecular flexibility index (Phi) is 7.83. The summed E-state index contributed by atoms with van der Waals surface area (Å²) < 4.78 is 0. The van der Waals surface area contributed by atoms with Crippen LogP contribution < -0.4 is 0 Å². The Hall–Kier alpha value is 0.430. The van der Waals surface area contributed by atoms with Crippen LogP contribution in [0.5, 0.6) is 0 Å². The van der Waals surface area contributed by atoms with Gasteiger partial charge in [0.25, 0.3) is 0 Å². The Morgan fingerprint density at radius 3 is 2.12 bits per heavy atom. The van der Waals surface area contributed by atoms with Gasteiger partial charge in [0.1, 0.15) is 0 Å². The van der Waals surface area contributed by atoms with Crippen molar-refractivity contribution in [2.24, 2.45) is 0 Å². The summed E-state index contributed by atoms with van der Waals surface area (Å²) in [6.45, 7) is 1.44. The van der Waals surface area contributed by atoms with E-state index in [1.165, 1.54) is 6.92 Å². The van der Waals surface area contributed by atoms with Crippen molar-refractivity contribution in [1.29, 1.82) is 0 Å². The molecule has 4 heteroatoms. The second kappa shape index (κ2) is 5.56. The third-order valence-corrected chi connectivity index (χ3v) is 0.470. The van der Waals surface area contributed by atoms with Crippen LogP contribution in [0.4, 0.5) is 0 Å². The molecule has 43 valence electrons. The van der Waals surface area contributed by atoms with Crippen molar-refractivity contribution in [3.63, 3.8) is 0 Å². The number of aliphatic carboxylic acids is 1. The minimum atomic E-state index is -0.963. The maximum atomic E-state index is 9.65. The van der Waals surface area contributed by atoms with Crippen molar-refractivity contribution < 1.29 is 15.0 Å². The fourth-order valence-corrected chi connectivity index (χ4v) is 0.253. The number of carboxylic acid groups (broad SMARTS) is 1. The maximum Gasteiger partial charge on any atom is 0.305 e. The van der Waals surface area contributed by atoms with E-state index in [-0.39, 0.29) is 36.0 Å². The standard InChI is InChI=1S/C4H8O3.Na/c1-3(5)2-4(6)7;/h3,5H,2H2,1H3,(H,6,7);/t3-;/m1./s1. The quantitative estimate of drug-likeness (QED) is 0.490. The first kappa shape index (κ1) is 11.3. The molecule has 0 rings (SSSR count). The maximum absolute atomic E-state index is 9.65. The molecule has 0 unspecified atom stereocenters. The number of rotatable bonds is 2. The van der Waals surface area contributed by atoms with Gasteiger partial charge in [0.05, 0.1) is 12.5 Å². The van der Waals surface area contributed by atoms with E-state index in [1.807, 2.05) is 0 Å². The SMILES string of the molecule is C[C@@H](O)CC(=O)O.[Na]. The van der Waals surface area contributed by atoms with Crippen LogP contribution in [0, 0.1) is 0 Å². The average molecular weight is 127 g/mol. The summed E-state index contributed by atoms with van der Waals surface area (Å²) in [6, 6.07) is 0. The van der Waals surface area contributed by atoms with Crippen molar-refractivity contribution >= 4 is 35.5 Å². The van der Waals surface area contributed by atoms with Crippen LogP contribution in [-0.2, 0) is 4.79 Å². The van der Waals surface area contributed by atoms with Crippen LogP contribution in [-0.4, -0.2) is 51.8 Å². The Morgan fingerprint density at radius 1 is 1.75 bits per heavy atom. The Bertz CT molecular complexity index is 71.7. The largest absolute Gasteiger partial charge is 0.481 e. The van der Waals surface area contributed by atoms with E-state index in [0.717, 1.165) is 0 Å². The smallest absolute Gasteiger partial charge is 0.305 e. The van der Waals surface area contributed by atoms with Gasteiger partial charge in [-0.3, -0.25) is 4.79 Å². The first-order valence-corrected chi connectivity index (χ1v) is 2.03. The zero-order chi connectivity index (χ0) is 5.86. The molecule has 0 saturated heterocycles. The minimum Gasteiger partial charge on any atom is -0.481 e. The van der Waals surface area contributed by atoms with Gasteiger partial charge in [-0.25, -0.2) is 0 Å². The van der Waals surface area contributed by atoms with E-state index in [2.05, 4.69) is 0 Å². The van der Waals surface area contributed by atoms with Crippen molar-refractivity contribution in [2.45, 2.75) is 19.4 Å². The first-order valence-electron chi connectivity index (χ1n) is 2.03. The van der Waals surface area contributed by atoms with Crippen LogP contribution in [0.25, 0.3) is 0 Å². The molecule has 0 aromatic carbocycles. The molecular weight excluding hydrogens is 119 g/mol. The Morgan fingerprint density at radius 2 is 2.12 bits per heavy atom. The molecule has 0 spiro atoms. The summed E-state index contributed by atoms with van der Waals surface area (Å²) in [4.78, 5) is 9.65. The van der Waals surface area contributed by atoms with E-state index in [1.54, 1.807) is 0 Å².